The highest BCUT2D eigenvalue weighted by molar-refractivity contribution is 8.01. The maximum Gasteiger partial charge on any atom is 0.146 e. The third-order valence-electron chi connectivity index (χ3n) is 2.76. The molecule has 4 heteroatoms. The van der Waals surface area contributed by atoms with Crippen LogP contribution < -0.4 is 0 Å². The fraction of sp³-hybridized carbons (Fsp3) is 0.417. The Labute approximate surface area is 110 Å². The van der Waals surface area contributed by atoms with Crippen LogP contribution in [0.1, 0.15) is 18.9 Å². The predicted molar refractivity (Wildman–Crippen MR) is 70.6 cm³/mol. The minimum Gasteiger partial charge on any atom is -0.298 e. The smallest absolute Gasteiger partial charge is 0.146 e. The molecule has 0 saturated carbocycles. The van der Waals surface area contributed by atoms with E-state index in [0.717, 1.165) is 12.0 Å². The predicted octanol–water partition coefficient (Wildman–Crippen LogP) is 4.00. The quantitative estimate of drug-likeness (QED) is 0.811. The first kappa shape index (κ1) is 12.3. The Kier molecular flexibility index (Phi) is 3.83. The molecule has 0 spiro atoms. The van der Waals surface area contributed by atoms with Crippen molar-refractivity contribution >= 4 is 40.7 Å². The number of halogens is 2. The molecule has 0 amide bonds. The number of carbonyl (C=O) groups is 1. The Morgan fingerprint density at radius 3 is 2.81 bits per heavy atom. The summed E-state index contributed by atoms with van der Waals surface area (Å²) in [5, 5.41) is 1.68. The van der Waals surface area contributed by atoms with E-state index in [9.17, 15) is 4.79 Å². The first-order valence-corrected chi connectivity index (χ1v) is 6.89. The lowest BCUT2D eigenvalue weighted by Crippen LogP contribution is -2.05. The summed E-state index contributed by atoms with van der Waals surface area (Å²) >= 11 is 13.8. The Morgan fingerprint density at radius 1 is 1.44 bits per heavy atom. The third kappa shape index (κ3) is 2.55. The number of rotatable bonds is 2. The van der Waals surface area contributed by atoms with Crippen molar-refractivity contribution in [2.75, 3.05) is 0 Å². The van der Waals surface area contributed by atoms with Crippen molar-refractivity contribution in [1.29, 1.82) is 0 Å². The summed E-state index contributed by atoms with van der Waals surface area (Å²) < 4.78 is 0. The molecule has 1 aromatic carbocycles. The van der Waals surface area contributed by atoms with E-state index in [4.69, 9.17) is 23.2 Å². The van der Waals surface area contributed by atoms with E-state index in [0.29, 0.717) is 27.5 Å². The van der Waals surface area contributed by atoms with Crippen LogP contribution in [-0.2, 0) is 11.2 Å². The van der Waals surface area contributed by atoms with Gasteiger partial charge in [0.25, 0.3) is 0 Å². The highest BCUT2D eigenvalue weighted by Crippen LogP contribution is 2.35. The Balaban J connectivity index is 2.10. The molecule has 86 valence electrons. The molecule has 1 nitrogen and oxygen atoms in total. The zero-order valence-corrected chi connectivity index (χ0v) is 11.2. The van der Waals surface area contributed by atoms with Crippen LogP contribution in [0.25, 0.3) is 0 Å². The van der Waals surface area contributed by atoms with Crippen molar-refractivity contribution in [2.24, 2.45) is 0 Å². The van der Waals surface area contributed by atoms with Crippen molar-refractivity contribution in [2.45, 2.75) is 30.3 Å². The Bertz CT molecular complexity index is 419. The maximum atomic E-state index is 11.4. The van der Waals surface area contributed by atoms with Crippen LogP contribution in [0.3, 0.4) is 0 Å². The molecule has 2 unspecified atom stereocenters. The molecule has 0 aliphatic carbocycles. The molecule has 2 rings (SSSR count). The highest BCUT2D eigenvalue weighted by Gasteiger charge is 2.30. The fourth-order valence-electron chi connectivity index (χ4n) is 1.87. The number of thioether (sulfide) groups is 1. The van der Waals surface area contributed by atoms with Crippen LogP contribution >= 0.6 is 35.0 Å². The van der Waals surface area contributed by atoms with Crippen molar-refractivity contribution in [3.05, 3.63) is 33.8 Å². The average Bonchev–Trinajstić information content (AvgIpc) is 2.54. The summed E-state index contributed by atoms with van der Waals surface area (Å²) in [6, 6.07) is 5.65. The first-order valence-electron chi connectivity index (χ1n) is 5.19. The SMILES string of the molecule is CC1SC(Cc2cccc(Cl)c2Cl)CC1=O. The molecule has 1 aliphatic rings. The summed E-state index contributed by atoms with van der Waals surface area (Å²) in [4.78, 5) is 11.4. The van der Waals surface area contributed by atoms with E-state index in [2.05, 4.69) is 0 Å². The van der Waals surface area contributed by atoms with Gasteiger partial charge in [0.1, 0.15) is 5.78 Å². The largest absolute Gasteiger partial charge is 0.298 e. The second-order valence-corrected chi connectivity index (χ2v) is 6.42. The highest BCUT2D eigenvalue weighted by atomic mass is 35.5. The zero-order chi connectivity index (χ0) is 11.7. The fourth-order valence-corrected chi connectivity index (χ4v) is 3.63. The summed E-state index contributed by atoms with van der Waals surface area (Å²) in [6.07, 6.45) is 1.47. The van der Waals surface area contributed by atoms with Crippen LogP contribution in [0.5, 0.6) is 0 Å². The van der Waals surface area contributed by atoms with Crippen LogP contribution in [0.4, 0.5) is 0 Å². The second-order valence-electron chi connectivity index (χ2n) is 3.99. The number of Topliss-reactive ketones (excluding diaryl/α,β-unsaturated/α-hetero) is 1. The van der Waals surface area contributed by atoms with Gasteiger partial charge in [-0.25, -0.2) is 0 Å². The lowest BCUT2D eigenvalue weighted by molar-refractivity contribution is -0.117. The van der Waals surface area contributed by atoms with Gasteiger partial charge in [0.05, 0.1) is 15.3 Å². The van der Waals surface area contributed by atoms with Gasteiger partial charge in [0, 0.05) is 11.7 Å². The zero-order valence-electron chi connectivity index (χ0n) is 8.87. The van der Waals surface area contributed by atoms with E-state index in [-0.39, 0.29) is 5.25 Å². The van der Waals surface area contributed by atoms with Crippen molar-refractivity contribution < 1.29 is 4.79 Å². The molecular formula is C12H12Cl2OS. The normalized spacial score (nSPS) is 25.1. The second kappa shape index (κ2) is 4.99. The van der Waals surface area contributed by atoms with Gasteiger partial charge in [-0.15, -0.1) is 11.8 Å². The molecule has 1 aromatic rings. The van der Waals surface area contributed by atoms with Gasteiger partial charge in [-0.2, -0.15) is 0 Å². The molecule has 16 heavy (non-hydrogen) atoms. The maximum absolute atomic E-state index is 11.4. The summed E-state index contributed by atoms with van der Waals surface area (Å²) in [5.74, 6) is 0.341. The number of carbonyl (C=O) groups excluding carboxylic acids is 1. The van der Waals surface area contributed by atoms with E-state index < -0.39 is 0 Å². The molecule has 0 radical (unpaired) electrons. The van der Waals surface area contributed by atoms with E-state index in [1.807, 2.05) is 19.1 Å². The van der Waals surface area contributed by atoms with Gasteiger partial charge < -0.3 is 0 Å². The molecule has 2 atom stereocenters. The van der Waals surface area contributed by atoms with Crippen LogP contribution in [-0.4, -0.2) is 16.3 Å². The lowest BCUT2D eigenvalue weighted by atomic mass is 10.1. The molecule has 1 saturated heterocycles. The minimum absolute atomic E-state index is 0.128. The molecule has 0 N–H and O–H groups in total. The summed E-state index contributed by atoms with van der Waals surface area (Å²) in [5.41, 5.74) is 1.04. The van der Waals surface area contributed by atoms with E-state index in [1.54, 1.807) is 17.8 Å². The number of benzene rings is 1. The first-order chi connectivity index (χ1) is 7.58. The number of ketones is 1. The standard InChI is InChI=1S/C12H12Cl2OS/c1-7-11(15)6-9(16-7)5-8-3-2-4-10(13)12(8)14/h2-4,7,9H,5-6H2,1H3. The molecular weight excluding hydrogens is 263 g/mol. The lowest BCUT2D eigenvalue weighted by Gasteiger charge is -2.10. The summed E-state index contributed by atoms with van der Waals surface area (Å²) in [6.45, 7) is 1.96. The van der Waals surface area contributed by atoms with Gasteiger partial charge in [-0.05, 0) is 25.0 Å². The Hall–Kier alpha value is -0.180. The minimum atomic E-state index is 0.128. The molecule has 1 aliphatic heterocycles. The van der Waals surface area contributed by atoms with Gasteiger partial charge in [0.15, 0.2) is 0 Å². The van der Waals surface area contributed by atoms with E-state index in [1.165, 1.54) is 0 Å². The van der Waals surface area contributed by atoms with Gasteiger partial charge in [-0.3, -0.25) is 4.79 Å². The van der Waals surface area contributed by atoms with Crippen LogP contribution in [0, 0.1) is 0 Å². The third-order valence-corrected chi connectivity index (χ3v) is 5.01. The van der Waals surface area contributed by atoms with Crippen LogP contribution in [0.15, 0.2) is 18.2 Å². The topological polar surface area (TPSA) is 17.1 Å². The number of hydrogen-bond donors (Lipinski definition) is 0. The van der Waals surface area contributed by atoms with Crippen molar-refractivity contribution in [1.82, 2.24) is 0 Å². The molecule has 0 aromatic heterocycles. The summed E-state index contributed by atoms with van der Waals surface area (Å²) in [7, 11) is 0. The Morgan fingerprint density at radius 2 is 2.19 bits per heavy atom. The van der Waals surface area contributed by atoms with Crippen LogP contribution in [0.2, 0.25) is 10.0 Å². The van der Waals surface area contributed by atoms with Gasteiger partial charge in [-0.1, -0.05) is 35.3 Å². The molecule has 0 bridgehead atoms. The molecule has 1 fully saturated rings. The number of hydrogen-bond acceptors (Lipinski definition) is 2. The van der Waals surface area contributed by atoms with Gasteiger partial charge in [0.2, 0.25) is 0 Å². The van der Waals surface area contributed by atoms with E-state index >= 15 is 0 Å². The van der Waals surface area contributed by atoms with Gasteiger partial charge >= 0.3 is 0 Å². The van der Waals surface area contributed by atoms with Crippen molar-refractivity contribution in [3.63, 3.8) is 0 Å². The monoisotopic (exact) mass is 274 g/mol. The van der Waals surface area contributed by atoms with Crippen molar-refractivity contribution in [3.8, 4) is 0 Å². The average molecular weight is 275 g/mol. The molecule has 1 heterocycles.